The Hall–Kier alpha value is -4.97. The second kappa shape index (κ2) is 12.9. The van der Waals surface area contributed by atoms with Gasteiger partial charge in [-0.2, -0.15) is 0 Å². The van der Waals surface area contributed by atoms with Gasteiger partial charge in [-0.05, 0) is 62.2 Å². The van der Waals surface area contributed by atoms with Crippen LogP contribution >= 0.6 is 0 Å². The number of H-pyrrole nitrogens is 1. The van der Waals surface area contributed by atoms with E-state index in [1.165, 1.54) is 18.8 Å². The number of carbonyl (C=O) groups excluding carboxylic acids is 1. The number of aryl methyl sites for hydroxylation is 1. The van der Waals surface area contributed by atoms with E-state index in [2.05, 4.69) is 9.71 Å². The Morgan fingerprint density at radius 3 is 2.27 bits per heavy atom. The highest BCUT2D eigenvalue weighted by Gasteiger charge is 2.24. The third-order valence-corrected chi connectivity index (χ3v) is 8.60. The van der Waals surface area contributed by atoms with Crippen LogP contribution in [0.2, 0.25) is 0 Å². The number of aromatic nitrogens is 2. The van der Waals surface area contributed by atoms with Crippen molar-refractivity contribution in [2.75, 3.05) is 27.4 Å². The number of rotatable bonds is 12. The van der Waals surface area contributed by atoms with Gasteiger partial charge >= 0.3 is 0 Å². The van der Waals surface area contributed by atoms with Gasteiger partial charge in [0.05, 0.1) is 61.6 Å². The molecular formula is C33H35N3O8S. The summed E-state index contributed by atoms with van der Waals surface area (Å²) in [7, 11) is -1.13. The molecule has 0 aliphatic heterocycles. The van der Waals surface area contributed by atoms with Crippen LogP contribution in [0, 0.1) is 6.92 Å². The van der Waals surface area contributed by atoms with Gasteiger partial charge in [0, 0.05) is 23.3 Å². The number of benzene rings is 3. The van der Waals surface area contributed by atoms with Crippen molar-refractivity contribution in [3.63, 3.8) is 0 Å². The Morgan fingerprint density at radius 2 is 1.62 bits per heavy atom. The highest BCUT2D eigenvalue weighted by atomic mass is 32.2. The number of ether oxygens (including phenoxy) is 4. The molecule has 0 aliphatic carbocycles. The summed E-state index contributed by atoms with van der Waals surface area (Å²) in [6, 6.07) is 13.8. The van der Waals surface area contributed by atoms with Gasteiger partial charge in [-0.3, -0.25) is 18.9 Å². The average Bonchev–Trinajstić information content (AvgIpc) is 3.34. The number of aromatic amines is 1. The van der Waals surface area contributed by atoms with Gasteiger partial charge in [-0.1, -0.05) is 18.2 Å². The maximum absolute atomic E-state index is 13.9. The molecular weight excluding hydrogens is 598 g/mol. The fraction of sp³-hybridized carbons (Fsp3) is 0.273. The number of hydrogen-bond donors (Lipinski definition) is 2. The van der Waals surface area contributed by atoms with E-state index in [1.807, 2.05) is 26.0 Å². The molecule has 0 spiro atoms. The Kier molecular flexibility index (Phi) is 9.05. The van der Waals surface area contributed by atoms with Crippen LogP contribution in [0.1, 0.15) is 30.5 Å². The van der Waals surface area contributed by atoms with Crippen LogP contribution in [0.3, 0.4) is 0 Å². The van der Waals surface area contributed by atoms with Crippen LogP contribution in [0.15, 0.2) is 65.7 Å². The highest BCUT2D eigenvalue weighted by molar-refractivity contribution is 7.89. The zero-order chi connectivity index (χ0) is 32.3. The molecule has 0 saturated carbocycles. The van der Waals surface area contributed by atoms with E-state index in [9.17, 15) is 18.0 Å². The second-order valence-electron chi connectivity index (χ2n) is 10.3. The van der Waals surface area contributed by atoms with Gasteiger partial charge in [0.25, 0.3) is 5.56 Å². The van der Waals surface area contributed by atoms with Crippen molar-refractivity contribution >= 4 is 37.6 Å². The van der Waals surface area contributed by atoms with Crippen molar-refractivity contribution in [1.29, 1.82) is 0 Å². The molecule has 2 heterocycles. The largest absolute Gasteiger partial charge is 0.496 e. The fourth-order valence-electron chi connectivity index (χ4n) is 5.54. The van der Waals surface area contributed by atoms with E-state index in [4.69, 9.17) is 18.9 Å². The smallest absolute Gasteiger partial charge is 0.266 e. The molecule has 5 aromatic rings. The first-order chi connectivity index (χ1) is 21.6. The molecule has 2 N–H and O–H groups in total. The summed E-state index contributed by atoms with van der Waals surface area (Å²) in [5.74, 6) is 0.678. The number of pyridine rings is 1. The Labute approximate surface area is 260 Å². The van der Waals surface area contributed by atoms with Crippen molar-refractivity contribution < 1.29 is 32.2 Å². The van der Waals surface area contributed by atoms with Crippen molar-refractivity contribution in [2.45, 2.75) is 32.9 Å². The Morgan fingerprint density at radius 1 is 0.933 bits per heavy atom. The first-order valence-corrected chi connectivity index (χ1v) is 16.0. The summed E-state index contributed by atoms with van der Waals surface area (Å²) < 4.78 is 52.2. The van der Waals surface area contributed by atoms with Crippen molar-refractivity contribution in [3.05, 3.63) is 88.0 Å². The fourth-order valence-corrected chi connectivity index (χ4v) is 6.65. The van der Waals surface area contributed by atoms with Gasteiger partial charge in [-0.15, -0.1) is 0 Å². The number of sulfonamides is 1. The maximum atomic E-state index is 13.9. The molecule has 12 heteroatoms. The van der Waals surface area contributed by atoms with Gasteiger partial charge in [-0.25, -0.2) is 8.42 Å². The van der Waals surface area contributed by atoms with Crippen LogP contribution in [0.25, 0.3) is 27.4 Å². The molecule has 0 radical (unpaired) electrons. The number of hydrogen-bond acceptors (Lipinski definition) is 8. The number of carbonyl (C=O) groups is 1. The number of amides is 1. The van der Waals surface area contributed by atoms with Crippen LogP contribution in [0.4, 0.5) is 0 Å². The lowest BCUT2D eigenvalue weighted by Crippen LogP contribution is -2.33. The van der Waals surface area contributed by atoms with Crippen LogP contribution in [0.5, 0.6) is 23.0 Å². The standard InChI is InChI=1S/C33H35N3O8S/c1-6-43-31-22-10-9-15-34-30(22)32(44-7-2)24-18-36(33(38)29(24)31)25-14-13-21(16-20(25)3)19-45(39,40)35-28(37)17-23-26(41-4)11-8-12-27(23)42-5/h8-16,18,34H,6-7,17,19H2,1-5H3,(H,35,37). The van der Waals surface area contributed by atoms with E-state index >= 15 is 0 Å². The van der Waals surface area contributed by atoms with Crippen LogP contribution < -0.4 is 29.2 Å². The summed E-state index contributed by atoms with van der Waals surface area (Å²) in [5.41, 5.74) is 2.55. The third-order valence-electron chi connectivity index (χ3n) is 7.35. The summed E-state index contributed by atoms with van der Waals surface area (Å²) in [4.78, 5) is 29.9. The number of methoxy groups -OCH3 is 2. The summed E-state index contributed by atoms with van der Waals surface area (Å²) in [6.45, 7) is 6.28. The van der Waals surface area contributed by atoms with Gasteiger partial charge < -0.3 is 23.9 Å². The van der Waals surface area contributed by atoms with E-state index in [-0.39, 0.29) is 12.0 Å². The Bertz CT molecular complexity index is 2040. The molecule has 5 rings (SSSR count). The minimum Gasteiger partial charge on any atom is -0.496 e. The molecule has 0 atom stereocenters. The van der Waals surface area contributed by atoms with Crippen LogP contribution in [-0.2, 0) is 27.0 Å². The van der Waals surface area contributed by atoms with E-state index in [0.717, 1.165) is 10.9 Å². The van der Waals surface area contributed by atoms with Crippen molar-refractivity contribution in [1.82, 2.24) is 14.3 Å². The average molecular weight is 634 g/mol. The van der Waals surface area contributed by atoms with E-state index in [1.54, 1.807) is 55.7 Å². The lowest BCUT2D eigenvalue weighted by Gasteiger charge is -2.13. The predicted molar refractivity (Wildman–Crippen MR) is 172 cm³/mol. The normalized spacial score (nSPS) is 11.5. The predicted octanol–water partition coefficient (Wildman–Crippen LogP) is 4.78. The third kappa shape index (κ3) is 6.18. The summed E-state index contributed by atoms with van der Waals surface area (Å²) in [6.07, 6.45) is 3.25. The number of fused-ring (bicyclic) bond motifs is 2. The lowest BCUT2D eigenvalue weighted by molar-refractivity contribution is -0.118. The maximum Gasteiger partial charge on any atom is 0.266 e. The zero-order valence-corrected chi connectivity index (χ0v) is 26.5. The van der Waals surface area contributed by atoms with Gasteiger partial charge in [0.1, 0.15) is 17.2 Å². The molecule has 2 aromatic heterocycles. The monoisotopic (exact) mass is 633 g/mol. The number of nitrogens with one attached hydrogen (secondary N) is 2. The SMILES string of the molecule is CCOc1c2cn(-c3ccc(CS(=O)(=O)NC(=O)Cc4c(OC)cccc4OC)cc3C)c(=O)c2c(OCC)c2ccc[nH]c12. The van der Waals surface area contributed by atoms with E-state index < -0.39 is 21.7 Å². The van der Waals surface area contributed by atoms with Crippen molar-refractivity contribution in [2.24, 2.45) is 0 Å². The second-order valence-corrected chi connectivity index (χ2v) is 12.0. The zero-order valence-electron chi connectivity index (χ0n) is 25.7. The molecule has 1 amide bonds. The number of nitrogens with zero attached hydrogens (tertiary/aromatic N) is 1. The molecule has 3 aromatic carbocycles. The Balaban J connectivity index is 1.46. The lowest BCUT2D eigenvalue weighted by atomic mass is 10.1. The minimum absolute atomic E-state index is 0.252. The van der Waals surface area contributed by atoms with E-state index in [0.29, 0.717) is 69.4 Å². The topological polar surface area (TPSA) is 138 Å². The highest BCUT2D eigenvalue weighted by Crippen LogP contribution is 2.41. The van der Waals surface area contributed by atoms with Gasteiger partial charge in [0.2, 0.25) is 15.9 Å². The summed E-state index contributed by atoms with van der Waals surface area (Å²) in [5, 5.41) is 1.72. The molecule has 45 heavy (non-hydrogen) atoms. The summed E-state index contributed by atoms with van der Waals surface area (Å²) >= 11 is 0. The van der Waals surface area contributed by atoms with Crippen LogP contribution in [-0.4, -0.2) is 51.3 Å². The molecule has 11 nitrogen and oxygen atoms in total. The first kappa shape index (κ1) is 31.5. The first-order valence-electron chi connectivity index (χ1n) is 14.4. The molecule has 236 valence electrons. The molecule has 0 aliphatic rings. The molecule has 0 unspecified atom stereocenters. The van der Waals surface area contributed by atoms with Gasteiger partial charge in [0.15, 0.2) is 5.75 Å². The quantitative estimate of drug-likeness (QED) is 0.200. The molecule has 0 saturated heterocycles. The molecule has 0 bridgehead atoms. The van der Waals surface area contributed by atoms with Crippen molar-refractivity contribution in [3.8, 4) is 28.7 Å². The minimum atomic E-state index is -4.05. The molecule has 0 fully saturated rings.